The molecule has 3 heteroatoms. The van der Waals surface area contributed by atoms with E-state index in [0.29, 0.717) is 11.5 Å². The van der Waals surface area contributed by atoms with Gasteiger partial charge in [0.05, 0.1) is 12.2 Å². The second-order valence-electron chi connectivity index (χ2n) is 8.95. The minimum atomic E-state index is 0.117. The lowest BCUT2D eigenvalue weighted by Gasteiger charge is -2.50. The van der Waals surface area contributed by atoms with Crippen molar-refractivity contribution in [2.75, 3.05) is 32.8 Å². The molecule has 0 saturated carbocycles. The van der Waals surface area contributed by atoms with E-state index in [1.807, 2.05) is 0 Å². The van der Waals surface area contributed by atoms with Crippen molar-refractivity contribution in [3.8, 4) is 0 Å². The summed E-state index contributed by atoms with van der Waals surface area (Å²) in [5, 5.41) is 0. The molecule has 3 fully saturated rings. The summed E-state index contributed by atoms with van der Waals surface area (Å²) in [6.07, 6.45) is 8.06. The number of likely N-dealkylation sites (tertiary alicyclic amines) is 2. The van der Waals surface area contributed by atoms with Crippen LogP contribution >= 0.6 is 0 Å². The van der Waals surface area contributed by atoms with Crippen molar-refractivity contribution >= 4 is 0 Å². The van der Waals surface area contributed by atoms with Gasteiger partial charge in [0.1, 0.15) is 0 Å². The van der Waals surface area contributed by atoms with Gasteiger partial charge in [-0.05, 0) is 97.8 Å². The highest BCUT2D eigenvalue weighted by molar-refractivity contribution is 4.94. The average molecular weight is 309 g/mol. The Hall–Kier alpha value is -0.120. The van der Waals surface area contributed by atoms with Crippen LogP contribution in [0.25, 0.3) is 0 Å². The predicted octanol–water partition coefficient (Wildman–Crippen LogP) is 3.53. The van der Waals surface area contributed by atoms with Gasteiger partial charge in [-0.25, -0.2) is 0 Å². The molecular weight excluding hydrogens is 272 g/mol. The first-order valence-electron chi connectivity index (χ1n) is 9.51. The fraction of sp³-hybridized carbons (Fsp3) is 1.00. The van der Waals surface area contributed by atoms with E-state index in [0.717, 1.165) is 12.6 Å². The first-order valence-corrected chi connectivity index (χ1v) is 9.51. The Balaban J connectivity index is 1.47. The lowest BCUT2D eigenvalue weighted by Crippen LogP contribution is -2.53. The smallest absolute Gasteiger partial charge is 0.0627 e. The molecule has 0 aromatic carbocycles. The molecule has 0 unspecified atom stereocenters. The van der Waals surface area contributed by atoms with Crippen LogP contribution in [-0.4, -0.2) is 60.3 Å². The van der Waals surface area contributed by atoms with E-state index in [-0.39, 0.29) is 5.60 Å². The quantitative estimate of drug-likeness (QED) is 0.776. The maximum Gasteiger partial charge on any atom is 0.0627 e. The van der Waals surface area contributed by atoms with E-state index in [9.17, 15) is 0 Å². The molecule has 3 aliphatic heterocycles. The Kier molecular flexibility index (Phi) is 4.87. The monoisotopic (exact) mass is 308 g/mol. The van der Waals surface area contributed by atoms with Crippen molar-refractivity contribution in [2.24, 2.45) is 5.41 Å². The largest absolute Gasteiger partial charge is 0.375 e. The summed E-state index contributed by atoms with van der Waals surface area (Å²) in [5.74, 6) is 0. The molecule has 0 amide bonds. The molecule has 3 heterocycles. The second-order valence-corrected chi connectivity index (χ2v) is 8.95. The highest BCUT2D eigenvalue weighted by atomic mass is 16.5. The van der Waals surface area contributed by atoms with Gasteiger partial charge in [0.25, 0.3) is 0 Å². The van der Waals surface area contributed by atoms with E-state index < -0.39 is 0 Å². The lowest BCUT2D eigenvalue weighted by molar-refractivity contribution is -0.132. The van der Waals surface area contributed by atoms with Crippen LogP contribution in [0.2, 0.25) is 0 Å². The topological polar surface area (TPSA) is 15.7 Å². The minimum Gasteiger partial charge on any atom is -0.375 e. The molecule has 0 N–H and O–H groups in total. The number of nitrogens with zero attached hydrogens (tertiary/aromatic N) is 2. The van der Waals surface area contributed by atoms with Crippen LogP contribution in [-0.2, 0) is 4.74 Å². The summed E-state index contributed by atoms with van der Waals surface area (Å²) in [4.78, 5) is 5.43. The van der Waals surface area contributed by atoms with Gasteiger partial charge in [-0.3, -0.25) is 0 Å². The van der Waals surface area contributed by atoms with Crippen LogP contribution in [0.15, 0.2) is 0 Å². The van der Waals surface area contributed by atoms with Crippen LogP contribution < -0.4 is 0 Å². The lowest BCUT2D eigenvalue weighted by atomic mass is 9.71. The van der Waals surface area contributed by atoms with E-state index in [1.54, 1.807) is 0 Å². The zero-order chi connectivity index (χ0) is 15.8. The zero-order valence-electron chi connectivity index (χ0n) is 15.2. The van der Waals surface area contributed by atoms with Crippen molar-refractivity contribution in [1.29, 1.82) is 0 Å². The predicted molar refractivity (Wildman–Crippen MR) is 92.2 cm³/mol. The van der Waals surface area contributed by atoms with E-state index in [4.69, 9.17) is 4.74 Å². The first kappa shape index (κ1) is 16.7. The summed E-state index contributed by atoms with van der Waals surface area (Å²) < 4.78 is 6.15. The van der Waals surface area contributed by atoms with Crippen molar-refractivity contribution in [3.05, 3.63) is 0 Å². The van der Waals surface area contributed by atoms with Gasteiger partial charge in [0.15, 0.2) is 0 Å². The maximum absolute atomic E-state index is 6.15. The number of hydrogen-bond donors (Lipinski definition) is 0. The molecule has 3 rings (SSSR count). The van der Waals surface area contributed by atoms with Crippen LogP contribution in [0.5, 0.6) is 0 Å². The molecule has 0 aromatic heterocycles. The molecule has 0 atom stereocenters. The normalized spacial score (nSPS) is 31.0. The minimum absolute atomic E-state index is 0.117. The third-order valence-electron chi connectivity index (χ3n) is 6.63. The molecule has 22 heavy (non-hydrogen) atoms. The number of ether oxygens (including phenoxy) is 1. The Labute approximate surface area is 137 Å². The van der Waals surface area contributed by atoms with Gasteiger partial charge in [0, 0.05) is 12.1 Å². The average Bonchev–Trinajstić information content (AvgIpc) is 2.52. The fourth-order valence-corrected chi connectivity index (χ4v) is 4.58. The van der Waals surface area contributed by atoms with Crippen molar-refractivity contribution in [2.45, 2.75) is 83.9 Å². The van der Waals surface area contributed by atoms with Gasteiger partial charge in [-0.15, -0.1) is 0 Å². The number of rotatable bonds is 2. The number of hydrogen-bond acceptors (Lipinski definition) is 3. The summed E-state index contributed by atoms with van der Waals surface area (Å²) in [6, 6.07) is 1.56. The summed E-state index contributed by atoms with van der Waals surface area (Å²) in [5.41, 5.74) is 0.622. The second kappa shape index (κ2) is 6.41. The third kappa shape index (κ3) is 3.68. The van der Waals surface area contributed by atoms with Gasteiger partial charge in [0.2, 0.25) is 0 Å². The maximum atomic E-state index is 6.15. The van der Waals surface area contributed by atoms with Crippen LogP contribution in [0, 0.1) is 5.41 Å². The van der Waals surface area contributed by atoms with E-state index in [2.05, 4.69) is 37.5 Å². The van der Waals surface area contributed by atoms with Crippen LogP contribution in [0.4, 0.5) is 0 Å². The Bertz CT molecular complexity index is 352. The summed E-state index contributed by atoms with van der Waals surface area (Å²) >= 11 is 0. The van der Waals surface area contributed by atoms with Crippen molar-refractivity contribution in [3.63, 3.8) is 0 Å². The zero-order valence-corrected chi connectivity index (χ0v) is 15.2. The fourth-order valence-electron chi connectivity index (χ4n) is 4.58. The van der Waals surface area contributed by atoms with Crippen molar-refractivity contribution in [1.82, 2.24) is 9.80 Å². The third-order valence-corrected chi connectivity index (χ3v) is 6.63. The molecule has 0 aromatic rings. The summed E-state index contributed by atoms with van der Waals surface area (Å²) in [6.45, 7) is 15.3. The standard InChI is InChI=1S/C19H36N2O/c1-16(2)20-11-5-17(6-12-20)21-13-9-19(10-14-21)8-7-18(3,4)22-15-19/h16-17H,5-15H2,1-4H3. The Morgan fingerprint density at radius 2 is 1.55 bits per heavy atom. The SMILES string of the molecule is CC(C)N1CCC(N2CCC3(CC2)CCC(C)(C)OC3)CC1. The molecule has 0 aliphatic carbocycles. The van der Waals surface area contributed by atoms with Crippen LogP contribution in [0.3, 0.4) is 0 Å². The van der Waals surface area contributed by atoms with Gasteiger partial charge >= 0.3 is 0 Å². The molecule has 3 aliphatic rings. The highest BCUT2D eigenvalue weighted by Crippen LogP contribution is 2.43. The van der Waals surface area contributed by atoms with Gasteiger partial charge < -0.3 is 14.5 Å². The molecule has 3 nitrogen and oxygen atoms in total. The van der Waals surface area contributed by atoms with Crippen molar-refractivity contribution < 1.29 is 4.74 Å². The molecule has 0 bridgehead atoms. The molecule has 3 saturated heterocycles. The van der Waals surface area contributed by atoms with Gasteiger partial charge in [-0.2, -0.15) is 0 Å². The summed E-state index contributed by atoms with van der Waals surface area (Å²) in [7, 11) is 0. The van der Waals surface area contributed by atoms with E-state index in [1.165, 1.54) is 64.7 Å². The van der Waals surface area contributed by atoms with Gasteiger partial charge in [-0.1, -0.05) is 0 Å². The highest BCUT2D eigenvalue weighted by Gasteiger charge is 2.42. The first-order chi connectivity index (χ1) is 10.4. The Morgan fingerprint density at radius 3 is 2.05 bits per heavy atom. The molecule has 0 radical (unpaired) electrons. The number of piperidine rings is 2. The molecule has 1 spiro atoms. The van der Waals surface area contributed by atoms with E-state index >= 15 is 0 Å². The Morgan fingerprint density at radius 1 is 0.909 bits per heavy atom. The van der Waals surface area contributed by atoms with Crippen LogP contribution in [0.1, 0.15) is 66.2 Å². The molecule has 128 valence electrons. The molecular formula is C19H36N2O.